The van der Waals surface area contributed by atoms with Crippen molar-refractivity contribution >= 4 is 39.6 Å². The molecule has 4 rings (SSSR count). The van der Waals surface area contributed by atoms with Crippen molar-refractivity contribution in [2.24, 2.45) is 0 Å². The number of amides is 2. The Hall–Kier alpha value is -3.36. The van der Waals surface area contributed by atoms with Crippen molar-refractivity contribution in [3.63, 3.8) is 0 Å². The highest BCUT2D eigenvalue weighted by atomic mass is 32.1. The molecule has 8 heteroatoms. The highest BCUT2D eigenvalue weighted by Gasteiger charge is 2.23. The first-order valence-corrected chi connectivity index (χ1v) is 11.4. The summed E-state index contributed by atoms with van der Waals surface area (Å²) in [4.78, 5) is 26.2. The fraction of sp³-hybridized carbons (Fsp3) is 0.130. The van der Waals surface area contributed by atoms with Gasteiger partial charge in [0.25, 0.3) is 5.91 Å². The SMILES string of the molecule is Cc1cccc(-c2nnc(NC(=O)C(Cc3ccccc3)NC(=O)c3cccs3)s2)c1. The smallest absolute Gasteiger partial charge is 0.262 e. The molecule has 0 bridgehead atoms. The number of hydrogen-bond acceptors (Lipinski definition) is 6. The molecule has 0 aliphatic carbocycles. The molecule has 2 aromatic carbocycles. The molecule has 2 N–H and O–H groups in total. The first-order chi connectivity index (χ1) is 15.1. The second-order valence-corrected chi connectivity index (χ2v) is 8.89. The second-order valence-electron chi connectivity index (χ2n) is 6.96. The number of thiophene rings is 1. The van der Waals surface area contributed by atoms with Crippen LogP contribution in [0.15, 0.2) is 72.1 Å². The fourth-order valence-electron chi connectivity index (χ4n) is 3.06. The van der Waals surface area contributed by atoms with E-state index in [1.54, 1.807) is 12.1 Å². The summed E-state index contributed by atoms with van der Waals surface area (Å²) in [5, 5.41) is 16.9. The first-order valence-electron chi connectivity index (χ1n) is 9.68. The van der Waals surface area contributed by atoms with Gasteiger partial charge in [-0.1, -0.05) is 71.5 Å². The minimum atomic E-state index is -0.747. The summed E-state index contributed by atoms with van der Waals surface area (Å²) < 4.78 is 0. The Labute approximate surface area is 188 Å². The molecule has 0 aliphatic heterocycles. The van der Waals surface area contributed by atoms with Gasteiger partial charge in [0.2, 0.25) is 11.0 Å². The zero-order valence-electron chi connectivity index (χ0n) is 16.7. The van der Waals surface area contributed by atoms with Gasteiger partial charge in [0.05, 0.1) is 4.88 Å². The van der Waals surface area contributed by atoms with Gasteiger partial charge in [-0.15, -0.1) is 21.5 Å². The van der Waals surface area contributed by atoms with E-state index in [4.69, 9.17) is 0 Å². The van der Waals surface area contributed by atoms with Gasteiger partial charge in [-0.2, -0.15) is 0 Å². The van der Waals surface area contributed by atoms with Crippen LogP contribution in [0, 0.1) is 6.92 Å². The van der Waals surface area contributed by atoms with Crippen molar-refractivity contribution in [1.82, 2.24) is 15.5 Å². The monoisotopic (exact) mass is 448 g/mol. The van der Waals surface area contributed by atoms with Gasteiger partial charge in [-0.05, 0) is 30.0 Å². The lowest BCUT2D eigenvalue weighted by Crippen LogP contribution is -2.45. The number of nitrogens with one attached hydrogen (secondary N) is 2. The Kier molecular flexibility index (Phi) is 6.49. The number of carbonyl (C=O) groups excluding carboxylic acids is 2. The van der Waals surface area contributed by atoms with Gasteiger partial charge < -0.3 is 5.32 Å². The number of benzene rings is 2. The molecule has 0 saturated heterocycles. The topological polar surface area (TPSA) is 84.0 Å². The molecule has 0 spiro atoms. The molecular formula is C23H20N4O2S2. The second kappa shape index (κ2) is 9.63. The van der Waals surface area contributed by atoms with E-state index < -0.39 is 6.04 Å². The van der Waals surface area contributed by atoms with E-state index in [0.29, 0.717) is 16.4 Å². The van der Waals surface area contributed by atoms with E-state index in [-0.39, 0.29) is 11.8 Å². The van der Waals surface area contributed by atoms with E-state index in [2.05, 4.69) is 20.8 Å². The average molecular weight is 449 g/mol. The Bertz CT molecular complexity index is 1170. The van der Waals surface area contributed by atoms with E-state index in [1.807, 2.05) is 66.9 Å². The maximum absolute atomic E-state index is 13.0. The molecule has 0 saturated carbocycles. The lowest BCUT2D eigenvalue weighted by atomic mass is 10.1. The van der Waals surface area contributed by atoms with Gasteiger partial charge in [0.15, 0.2) is 0 Å². The number of aryl methyl sites for hydroxylation is 1. The summed E-state index contributed by atoms with van der Waals surface area (Å²) >= 11 is 2.63. The maximum atomic E-state index is 13.0. The van der Waals surface area contributed by atoms with Crippen molar-refractivity contribution < 1.29 is 9.59 Å². The highest BCUT2D eigenvalue weighted by Crippen LogP contribution is 2.27. The van der Waals surface area contributed by atoms with Gasteiger partial charge in [0, 0.05) is 12.0 Å². The lowest BCUT2D eigenvalue weighted by Gasteiger charge is -2.17. The van der Waals surface area contributed by atoms with Crippen LogP contribution in [0.4, 0.5) is 5.13 Å². The van der Waals surface area contributed by atoms with Gasteiger partial charge in [-0.3, -0.25) is 14.9 Å². The Balaban J connectivity index is 1.50. The van der Waals surface area contributed by atoms with Crippen LogP contribution < -0.4 is 10.6 Å². The minimum Gasteiger partial charge on any atom is -0.339 e. The van der Waals surface area contributed by atoms with E-state index in [0.717, 1.165) is 21.7 Å². The quantitative estimate of drug-likeness (QED) is 0.434. The molecule has 4 aromatic rings. The van der Waals surface area contributed by atoms with Crippen molar-refractivity contribution in [1.29, 1.82) is 0 Å². The van der Waals surface area contributed by atoms with Gasteiger partial charge in [-0.25, -0.2) is 0 Å². The molecule has 2 amide bonds. The normalized spacial score (nSPS) is 11.6. The van der Waals surface area contributed by atoms with Crippen LogP contribution in [0.2, 0.25) is 0 Å². The predicted octanol–water partition coefficient (Wildman–Crippen LogP) is 4.55. The van der Waals surface area contributed by atoms with E-state index >= 15 is 0 Å². The third-order valence-corrected chi connectivity index (χ3v) is 6.33. The van der Waals surface area contributed by atoms with Crippen LogP contribution in [-0.4, -0.2) is 28.1 Å². The summed E-state index contributed by atoms with van der Waals surface area (Å²) in [6, 6.07) is 20.3. The summed E-state index contributed by atoms with van der Waals surface area (Å²) in [6.45, 7) is 2.01. The highest BCUT2D eigenvalue weighted by molar-refractivity contribution is 7.18. The van der Waals surface area contributed by atoms with Crippen LogP contribution >= 0.6 is 22.7 Å². The maximum Gasteiger partial charge on any atom is 0.262 e. The van der Waals surface area contributed by atoms with Gasteiger partial charge >= 0.3 is 0 Å². The molecule has 156 valence electrons. The molecule has 0 radical (unpaired) electrons. The molecule has 2 heterocycles. The molecule has 2 aromatic heterocycles. The average Bonchev–Trinajstić information content (AvgIpc) is 3.46. The van der Waals surface area contributed by atoms with Crippen molar-refractivity contribution in [3.05, 3.63) is 88.1 Å². The zero-order valence-corrected chi connectivity index (χ0v) is 18.4. The zero-order chi connectivity index (χ0) is 21.6. The third kappa shape index (κ3) is 5.42. The lowest BCUT2D eigenvalue weighted by molar-refractivity contribution is -0.118. The standard InChI is InChI=1S/C23H20N4O2S2/c1-15-7-5-10-17(13-15)22-26-27-23(31-22)25-20(28)18(14-16-8-3-2-4-9-16)24-21(29)19-11-6-12-30-19/h2-13,18H,14H2,1H3,(H,24,29)(H,25,27,28). The Morgan fingerprint density at radius 2 is 1.84 bits per heavy atom. The van der Waals surface area contributed by atoms with Crippen LogP contribution in [0.5, 0.6) is 0 Å². The Morgan fingerprint density at radius 1 is 1.00 bits per heavy atom. The molecule has 0 fully saturated rings. The number of hydrogen-bond donors (Lipinski definition) is 2. The molecule has 6 nitrogen and oxygen atoms in total. The van der Waals surface area contributed by atoms with E-state index in [1.165, 1.54) is 22.7 Å². The number of nitrogens with zero attached hydrogens (tertiary/aromatic N) is 2. The minimum absolute atomic E-state index is 0.274. The van der Waals surface area contributed by atoms with Crippen LogP contribution in [0.1, 0.15) is 20.8 Å². The molecule has 1 unspecified atom stereocenters. The summed E-state index contributed by atoms with van der Waals surface area (Å²) in [6.07, 6.45) is 0.368. The van der Waals surface area contributed by atoms with Crippen molar-refractivity contribution in [2.75, 3.05) is 5.32 Å². The molecule has 1 atom stereocenters. The fourth-order valence-corrected chi connectivity index (χ4v) is 4.43. The predicted molar refractivity (Wildman–Crippen MR) is 124 cm³/mol. The number of anilines is 1. The molecular weight excluding hydrogens is 428 g/mol. The number of rotatable bonds is 7. The number of aromatic nitrogens is 2. The third-order valence-electron chi connectivity index (χ3n) is 4.57. The molecule has 31 heavy (non-hydrogen) atoms. The van der Waals surface area contributed by atoms with Crippen molar-refractivity contribution in [2.45, 2.75) is 19.4 Å². The van der Waals surface area contributed by atoms with Crippen LogP contribution in [0.25, 0.3) is 10.6 Å². The summed E-state index contributed by atoms with van der Waals surface area (Å²) in [5.74, 6) is -0.607. The number of carbonyl (C=O) groups is 2. The first kappa shape index (κ1) is 20.9. The largest absolute Gasteiger partial charge is 0.339 e. The van der Waals surface area contributed by atoms with Crippen molar-refractivity contribution in [3.8, 4) is 10.6 Å². The van der Waals surface area contributed by atoms with E-state index in [9.17, 15) is 9.59 Å². The Morgan fingerprint density at radius 3 is 2.58 bits per heavy atom. The summed E-state index contributed by atoms with van der Waals surface area (Å²) in [5.41, 5.74) is 3.02. The van der Waals surface area contributed by atoms with Crippen LogP contribution in [0.3, 0.4) is 0 Å². The van der Waals surface area contributed by atoms with Gasteiger partial charge in [0.1, 0.15) is 11.0 Å². The molecule has 0 aliphatic rings. The van der Waals surface area contributed by atoms with Crippen LogP contribution in [-0.2, 0) is 11.2 Å². The summed E-state index contributed by atoms with van der Waals surface area (Å²) in [7, 11) is 0.